The molecule has 0 bridgehead atoms. The third-order valence-corrected chi connectivity index (χ3v) is 6.45. The average Bonchev–Trinajstić information content (AvgIpc) is 3.48. The molecule has 3 heterocycles. The number of anilines is 1. The molecule has 2 amide bonds. The topological polar surface area (TPSA) is 145 Å². The molecule has 38 heavy (non-hydrogen) atoms. The first-order valence-corrected chi connectivity index (χ1v) is 12.2. The van der Waals surface area contributed by atoms with Crippen molar-refractivity contribution in [1.82, 2.24) is 9.88 Å². The number of hydrogen-bond donors (Lipinski definition) is 3. The lowest BCUT2D eigenvalue weighted by molar-refractivity contribution is 0.0708. The van der Waals surface area contributed by atoms with Crippen LogP contribution in [0.25, 0.3) is 22.4 Å². The number of aromatic nitrogens is 1. The van der Waals surface area contributed by atoms with Crippen LogP contribution in [0.2, 0.25) is 0 Å². The van der Waals surface area contributed by atoms with Gasteiger partial charge in [-0.2, -0.15) is 5.26 Å². The van der Waals surface area contributed by atoms with Crippen molar-refractivity contribution in [3.8, 4) is 34.2 Å². The number of nitrogens with zero attached hydrogens (tertiary/aromatic N) is 3. The molecule has 5 rings (SSSR count). The second kappa shape index (κ2) is 10.6. The second-order valence-electron chi connectivity index (χ2n) is 9.07. The average molecular weight is 508 g/mol. The van der Waals surface area contributed by atoms with Gasteiger partial charge in [-0.3, -0.25) is 9.59 Å². The number of nitriles is 1. The van der Waals surface area contributed by atoms with E-state index in [2.05, 4.69) is 16.4 Å². The highest BCUT2D eigenvalue weighted by atomic mass is 16.3. The first-order valence-electron chi connectivity index (χ1n) is 12.2. The Morgan fingerprint density at radius 3 is 2.68 bits per heavy atom. The number of amides is 2. The molecular weight excluding hydrogens is 482 g/mol. The molecule has 0 saturated carbocycles. The van der Waals surface area contributed by atoms with Crippen LogP contribution in [-0.4, -0.2) is 45.9 Å². The summed E-state index contributed by atoms with van der Waals surface area (Å²) in [6, 6.07) is 20.4. The first-order chi connectivity index (χ1) is 18.4. The summed E-state index contributed by atoms with van der Waals surface area (Å²) in [7, 11) is 0. The maximum absolute atomic E-state index is 13.3. The molecule has 1 atom stereocenters. The Hall–Kier alpha value is -4.94. The van der Waals surface area contributed by atoms with Crippen molar-refractivity contribution in [2.75, 3.05) is 18.4 Å². The van der Waals surface area contributed by atoms with Crippen LogP contribution < -0.4 is 11.1 Å². The zero-order valence-electron chi connectivity index (χ0n) is 20.4. The predicted octanol–water partition coefficient (Wildman–Crippen LogP) is 4.40. The molecule has 1 unspecified atom stereocenters. The predicted molar refractivity (Wildman–Crippen MR) is 141 cm³/mol. The second-order valence-corrected chi connectivity index (χ2v) is 9.07. The number of pyridine rings is 1. The molecule has 2 aromatic carbocycles. The highest BCUT2D eigenvalue weighted by molar-refractivity contribution is 6.03. The summed E-state index contributed by atoms with van der Waals surface area (Å²) in [6.07, 6.45) is 3.10. The monoisotopic (exact) mass is 507 g/mol. The Morgan fingerprint density at radius 2 is 1.95 bits per heavy atom. The van der Waals surface area contributed by atoms with Gasteiger partial charge in [-0.25, -0.2) is 4.98 Å². The molecule has 1 fully saturated rings. The zero-order chi connectivity index (χ0) is 26.6. The molecule has 4 aromatic rings. The first kappa shape index (κ1) is 24.7. The number of rotatable bonds is 5. The normalized spacial score (nSPS) is 15.1. The zero-order valence-corrected chi connectivity index (χ0v) is 20.4. The van der Waals surface area contributed by atoms with E-state index in [0.29, 0.717) is 41.0 Å². The van der Waals surface area contributed by atoms with E-state index in [0.717, 1.165) is 12.8 Å². The van der Waals surface area contributed by atoms with E-state index in [-0.39, 0.29) is 34.8 Å². The maximum atomic E-state index is 13.3. The van der Waals surface area contributed by atoms with Crippen LogP contribution >= 0.6 is 0 Å². The van der Waals surface area contributed by atoms with Gasteiger partial charge < -0.3 is 25.5 Å². The number of piperidine rings is 1. The summed E-state index contributed by atoms with van der Waals surface area (Å²) in [5.41, 5.74) is 8.43. The number of nitrogens with two attached hydrogens (primary N) is 1. The van der Waals surface area contributed by atoms with E-state index in [9.17, 15) is 20.0 Å². The molecular formula is C29H25N5O4. The highest BCUT2D eigenvalue weighted by Gasteiger charge is 2.24. The number of furan rings is 1. The van der Waals surface area contributed by atoms with E-state index in [4.69, 9.17) is 10.2 Å². The van der Waals surface area contributed by atoms with Crippen LogP contribution in [0, 0.1) is 11.3 Å². The molecule has 2 aromatic heterocycles. The summed E-state index contributed by atoms with van der Waals surface area (Å²) < 4.78 is 5.18. The Kier molecular flexibility index (Phi) is 6.89. The van der Waals surface area contributed by atoms with E-state index in [1.54, 1.807) is 59.5 Å². The SMILES string of the molecule is N#Cc1c(-c2cccc(C(=O)N3CCCC(N)C3)c2)cc(-c2ccccc2O)nc1NC(=O)c1ccco1. The number of likely N-dealkylation sites (tertiary alicyclic amines) is 1. The van der Waals surface area contributed by atoms with Crippen molar-refractivity contribution in [2.45, 2.75) is 18.9 Å². The third kappa shape index (κ3) is 4.98. The van der Waals surface area contributed by atoms with Gasteiger partial charge in [0.15, 0.2) is 11.6 Å². The van der Waals surface area contributed by atoms with E-state index < -0.39 is 5.91 Å². The number of hydrogen-bond acceptors (Lipinski definition) is 7. The van der Waals surface area contributed by atoms with Gasteiger partial charge in [0, 0.05) is 35.8 Å². The molecule has 0 aliphatic carbocycles. The fraction of sp³-hybridized carbons (Fsp3) is 0.172. The molecule has 1 aliphatic rings. The number of para-hydroxylation sites is 1. The van der Waals surface area contributed by atoms with Crippen LogP contribution in [0.4, 0.5) is 5.82 Å². The summed E-state index contributed by atoms with van der Waals surface area (Å²) in [5, 5.41) is 23.3. The van der Waals surface area contributed by atoms with Gasteiger partial charge in [-0.15, -0.1) is 0 Å². The lowest BCUT2D eigenvalue weighted by Crippen LogP contribution is -2.45. The van der Waals surface area contributed by atoms with Crippen molar-refractivity contribution >= 4 is 17.6 Å². The number of nitrogens with one attached hydrogen (secondary N) is 1. The minimum Gasteiger partial charge on any atom is -0.507 e. The van der Waals surface area contributed by atoms with Crippen LogP contribution in [0.5, 0.6) is 5.75 Å². The summed E-state index contributed by atoms with van der Waals surface area (Å²) >= 11 is 0. The maximum Gasteiger partial charge on any atom is 0.292 e. The number of aromatic hydroxyl groups is 1. The van der Waals surface area contributed by atoms with Crippen LogP contribution in [0.15, 0.2) is 77.4 Å². The largest absolute Gasteiger partial charge is 0.507 e. The van der Waals surface area contributed by atoms with Gasteiger partial charge in [0.05, 0.1) is 12.0 Å². The molecule has 1 aliphatic heterocycles. The number of carbonyl (C=O) groups excluding carboxylic acids is 2. The smallest absolute Gasteiger partial charge is 0.292 e. The molecule has 190 valence electrons. The standard InChI is InChI=1S/C29H25N5O4/c30-16-23-22(18-6-3-7-19(14-18)29(37)34-12-4-8-20(31)17-34)15-24(21-9-1-2-10-25(21)35)32-27(23)33-28(36)26-11-5-13-38-26/h1-3,5-7,9-11,13-15,20,35H,4,8,12,17,31H2,(H,32,33,36). The Labute approximate surface area is 219 Å². The van der Waals surface area contributed by atoms with E-state index in [1.165, 1.54) is 18.4 Å². The Balaban J connectivity index is 1.61. The summed E-state index contributed by atoms with van der Waals surface area (Å²) in [5.74, 6) is -0.670. The molecule has 9 heteroatoms. The lowest BCUT2D eigenvalue weighted by Gasteiger charge is -2.31. The minimum absolute atomic E-state index is 0.00314. The highest BCUT2D eigenvalue weighted by Crippen LogP contribution is 2.36. The lowest BCUT2D eigenvalue weighted by atomic mass is 9.96. The molecule has 0 spiro atoms. The third-order valence-electron chi connectivity index (χ3n) is 6.45. The van der Waals surface area contributed by atoms with Gasteiger partial charge in [0.25, 0.3) is 11.8 Å². The fourth-order valence-corrected chi connectivity index (χ4v) is 4.58. The number of benzene rings is 2. The quantitative estimate of drug-likeness (QED) is 0.363. The van der Waals surface area contributed by atoms with Crippen molar-refractivity contribution < 1.29 is 19.1 Å². The Bertz CT molecular complexity index is 1540. The fourth-order valence-electron chi connectivity index (χ4n) is 4.58. The van der Waals surface area contributed by atoms with Crippen LogP contribution in [0.1, 0.15) is 39.3 Å². The van der Waals surface area contributed by atoms with Gasteiger partial charge in [0.2, 0.25) is 0 Å². The Morgan fingerprint density at radius 1 is 1.11 bits per heavy atom. The van der Waals surface area contributed by atoms with Crippen molar-refractivity contribution in [3.05, 3.63) is 89.9 Å². The van der Waals surface area contributed by atoms with Gasteiger partial charge >= 0.3 is 0 Å². The number of phenolic OH excluding ortho intramolecular Hbond substituents is 1. The van der Waals surface area contributed by atoms with Crippen LogP contribution in [-0.2, 0) is 0 Å². The summed E-state index contributed by atoms with van der Waals surface area (Å²) in [6.45, 7) is 1.12. The van der Waals surface area contributed by atoms with E-state index >= 15 is 0 Å². The van der Waals surface area contributed by atoms with Gasteiger partial charge in [0.1, 0.15) is 17.4 Å². The van der Waals surface area contributed by atoms with Gasteiger partial charge in [-0.1, -0.05) is 24.3 Å². The van der Waals surface area contributed by atoms with Gasteiger partial charge in [-0.05, 0) is 60.9 Å². The molecule has 0 radical (unpaired) electrons. The summed E-state index contributed by atoms with van der Waals surface area (Å²) in [4.78, 5) is 32.3. The minimum atomic E-state index is -0.579. The van der Waals surface area contributed by atoms with Crippen molar-refractivity contribution in [2.24, 2.45) is 5.73 Å². The van der Waals surface area contributed by atoms with E-state index in [1.807, 2.05) is 0 Å². The molecule has 9 nitrogen and oxygen atoms in total. The molecule has 1 saturated heterocycles. The van der Waals surface area contributed by atoms with Crippen molar-refractivity contribution in [3.63, 3.8) is 0 Å². The number of carbonyl (C=O) groups is 2. The van der Waals surface area contributed by atoms with Crippen molar-refractivity contribution in [1.29, 1.82) is 5.26 Å². The molecule has 4 N–H and O–H groups in total. The van der Waals surface area contributed by atoms with Crippen LogP contribution in [0.3, 0.4) is 0 Å². The number of phenols is 1.